The van der Waals surface area contributed by atoms with Crippen molar-refractivity contribution in [3.63, 3.8) is 0 Å². The van der Waals surface area contributed by atoms with Gasteiger partial charge in [-0.2, -0.15) is 0 Å². The fraction of sp³-hybridized carbons (Fsp3) is 0.400. The summed E-state index contributed by atoms with van der Waals surface area (Å²) in [5, 5.41) is 2.61. The van der Waals surface area contributed by atoms with Crippen LogP contribution in [0.4, 0.5) is 8.78 Å². The van der Waals surface area contributed by atoms with Gasteiger partial charge in [0.05, 0.1) is 6.54 Å². The van der Waals surface area contributed by atoms with Crippen molar-refractivity contribution in [2.45, 2.75) is 12.0 Å². The number of ether oxygens (including phenoxy) is 1. The Hall–Kier alpha value is -1.16. The van der Waals surface area contributed by atoms with Crippen LogP contribution in [0.5, 0.6) is 5.75 Å². The zero-order valence-electron chi connectivity index (χ0n) is 7.54. The first-order valence-corrected chi connectivity index (χ1v) is 4.49. The third-order valence-electron chi connectivity index (χ3n) is 2.18. The van der Waals surface area contributed by atoms with Crippen molar-refractivity contribution in [2.75, 3.05) is 13.1 Å². The fourth-order valence-electron chi connectivity index (χ4n) is 1.42. The Bertz CT molecular complexity index is 302. The van der Waals surface area contributed by atoms with E-state index in [1.54, 1.807) is 24.3 Å². The van der Waals surface area contributed by atoms with Gasteiger partial charge in [-0.3, -0.25) is 0 Å². The molecule has 1 atom stereocenters. The van der Waals surface area contributed by atoms with Crippen LogP contribution in [0.15, 0.2) is 30.3 Å². The van der Waals surface area contributed by atoms with Gasteiger partial charge in [-0.15, -0.1) is 0 Å². The molecule has 1 fully saturated rings. The maximum absolute atomic E-state index is 13.1. The average Bonchev–Trinajstić information content (AvgIpc) is 2.48. The predicted molar refractivity (Wildman–Crippen MR) is 48.7 cm³/mol. The van der Waals surface area contributed by atoms with E-state index in [9.17, 15) is 8.78 Å². The van der Waals surface area contributed by atoms with E-state index in [1.807, 2.05) is 6.07 Å². The summed E-state index contributed by atoms with van der Waals surface area (Å²) in [6.45, 7) is -0.105. The summed E-state index contributed by atoms with van der Waals surface area (Å²) in [5.74, 6) is -2.28. The number of halogens is 2. The quantitative estimate of drug-likeness (QED) is 0.782. The molecule has 1 aromatic rings. The van der Waals surface area contributed by atoms with Gasteiger partial charge >= 0.3 is 0 Å². The molecular weight excluding hydrogens is 188 g/mol. The van der Waals surface area contributed by atoms with Crippen molar-refractivity contribution in [3.05, 3.63) is 30.3 Å². The van der Waals surface area contributed by atoms with E-state index < -0.39 is 12.0 Å². The largest absolute Gasteiger partial charge is 0.483 e. The summed E-state index contributed by atoms with van der Waals surface area (Å²) >= 11 is 0. The highest BCUT2D eigenvalue weighted by Crippen LogP contribution is 2.26. The highest BCUT2D eigenvalue weighted by molar-refractivity contribution is 5.21. The third kappa shape index (κ3) is 1.85. The molecule has 1 N–H and O–H groups in total. The lowest BCUT2D eigenvalue weighted by Gasteiger charge is -2.19. The lowest BCUT2D eigenvalue weighted by Crippen LogP contribution is -2.36. The second-order valence-electron chi connectivity index (χ2n) is 3.31. The molecular formula is C10H11F2NO. The Morgan fingerprint density at radius 1 is 1.29 bits per heavy atom. The minimum absolute atomic E-state index is 0.196. The van der Waals surface area contributed by atoms with Gasteiger partial charge in [0.2, 0.25) is 0 Å². The molecule has 0 bridgehead atoms. The molecule has 2 nitrogen and oxygen atoms in total. The SMILES string of the molecule is FC1(F)CNCC1Oc1ccccc1. The molecule has 1 unspecified atom stereocenters. The lowest BCUT2D eigenvalue weighted by atomic mass is 10.2. The molecule has 1 saturated heterocycles. The van der Waals surface area contributed by atoms with E-state index in [-0.39, 0.29) is 13.1 Å². The van der Waals surface area contributed by atoms with Gasteiger partial charge in [0.1, 0.15) is 5.75 Å². The molecule has 0 spiro atoms. The molecule has 0 saturated carbocycles. The molecule has 0 aromatic heterocycles. The molecule has 4 heteroatoms. The second-order valence-corrected chi connectivity index (χ2v) is 3.31. The Morgan fingerprint density at radius 3 is 2.57 bits per heavy atom. The first-order valence-electron chi connectivity index (χ1n) is 4.49. The fourth-order valence-corrected chi connectivity index (χ4v) is 1.42. The number of rotatable bonds is 2. The number of benzene rings is 1. The van der Waals surface area contributed by atoms with E-state index in [1.165, 1.54) is 0 Å². The van der Waals surface area contributed by atoms with Crippen molar-refractivity contribution in [3.8, 4) is 5.75 Å². The van der Waals surface area contributed by atoms with Crippen LogP contribution in [0, 0.1) is 0 Å². The van der Waals surface area contributed by atoms with Crippen LogP contribution in [0.25, 0.3) is 0 Å². The Labute approximate surface area is 80.9 Å². The first-order chi connectivity index (χ1) is 6.68. The zero-order chi connectivity index (χ0) is 10.0. The van der Waals surface area contributed by atoms with Crippen LogP contribution in [-0.2, 0) is 0 Å². The van der Waals surface area contributed by atoms with Crippen molar-refractivity contribution < 1.29 is 13.5 Å². The Morgan fingerprint density at radius 2 is 2.00 bits per heavy atom. The summed E-state index contributed by atoms with van der Waals surface area (Å²) < 4.78 is 31.4. The van der Waals surface area contributed by atoms with Gasteiger partial charge in [0.15, 0.2) is 6.10 Å². The van der Waals surface area contributed by atoms with Gasteiger partial charge in [-0.1, -0.05) is 18.2 Å². The summed E-state index contributed by atoms with van der Waals surface area (Å²) in [4.78, 5) is 0. The summed E-state index contributed by atoms with van der Waals surface area (Å²) in [5.41, 5.74) is 0. The Kier molecular flexibility index (Phi) is 2.37. The maximum atomic E-state index is 13.1. The van der Waals surface area contributed by atoms with E-state index in [0.717, 1.165) is 0 Å². The van der Waals surface area contributed by atoms with Gasteiger partial charge in [0, 0.05) is 6.54 Å². The van der Waals surface area contributed by atoms with Crippen LogP contribution in [0.1, 0.15) is 0 Å². The number of para-hydroxylation sites is 1. The normalized spacial score (nSPS) is 24.9. The zero-order valence-corrected chi connectivity index (χ0v) is 7.54. The van der Waals surface area contributed by atoms with Crippen molar-refractivity contribution in [1.82, 2.24) is 5.32 Å². The number of nitrogens with one attached hydrogen (secondary N) is 1. The number of hydrogen-bond acceptors (Lipinski definition) is 2. The van der Waals surface area contributed by atoms with Gasteiger partial charge in [-0.05, 0) is 12.1 Å². The Balaban J connectivity index is 2.05. The molecule has 0 aliphatic carbocycles. The van der Waals surface area contributed by atoms with Crippen LogP contribution in [0.3, 0.4) is 0 Å². The average molecular weight is 199 g/mol. The molecule has 1 heterocycles. The van der Waals surface area contributed by atoms with Crippen molar-refractivity contribution in [2.24, 2.45) is 0 Å². The van der Waals surface area contributed by atoms with E-state index in [4.69, 9.17) is 4.74 Å². The molecule has 76 valence electrons. The first kappa shape index (κ1) is 9.40. The monoisotopic (exact) mass is 199 g/mol. The van der Waals surface area contributed by atoms with Crippen molar-refractivity contribution >= 4 is 0 Å². The summed E-state index contributed by atoms with van der Waals surface area (Å²) in [6.07, 6.45) is -1.05. The van der Waals surface area contributed by atoms with Crippen LogP contribution in [0.2, 0.25) is 0 Å². The molecule has 1 aliphatic rings. The van der Waals surface area contributed by atoms with Gasteiger partial charge in [0.25, 0.3) is 5.92 Å². The van der Waals surface area contributed by atoms with E-state index >= 15 is 0 Å². The molecule has 2 rings (SSSR count). The molecule has 14 heavy (non-hydrogen) atoms. The summed E-state index contributed by atoms with van der Waals surface area (Å²) in [6, 6.07) is 8.69. The number of hydrogen-bond donors (Lipinski definition) is 1. The van der Waals surface area contributed by atoms with Gasteiger partial charge < -0.3 is 10.1 Å². The highest BCUT2D eigenvalue weighted by Gasteiger charge is 2.45. The van der Waals surface area contributed by atoms with Crippen LogP contribution in [-0.4, -0.2) is 25.1 Å². The highest BCUT2D eigenvalue weighted by atomic mass is 19.3. The molecule has 1 aliphatic heterocycles. The van der Waals surface area contributed by atoms with Crippen LogP contribution >= 0.6 is 0 Å². The smallest absolute Gasteiger partial charge is 0.297 e. The standard InChI is InChI=1S/C10H11F2NO/c11-10(12)7-13-6-9(10)14-8-4-2-1-3-5-8/h1-5,9,13H,6-7H2. The van der Waals surface area contributed by atoms with E-state index in [0.29, 0.717) is 5.75 Å². The minimum atomic E-state index is -2.77. The van der Waals surface area contributed by atoms with Crippen LogP contribution < -0.4 is 10.1 Å². The molecule has 0 amide bonds. The van der Waals surface area contributed by atoms with E-state index in [2.05, 4.69) is 5.32 Å². The minimum Gasteiger partial charge on any atom is -0.483 e. The summed E-state index contributed by atoms with van der Waals surface area (Å²) in [7, 11) is 0. The maximum Gasteiger partial charge on any atom is 0.297 e. The molecule has 1 aromatic carbocycles. The van der Waals surface area contributed by atoms with Gasteiger partial charge in [-0.25, -0.2) is 8.78 Å². The lowest BCUT2D eigenvalue weighted by molar-refractivity contribution is -0.0598. The second kappa shape index (κ2) is 3.53. The topological polar surface area (TPSA) is 21.3 Å². The van der Waals surface area contributed by atoms with Crippen molar-refractivity contribution in [1.29, 1.82) is 0 Å². The molecule has 0 radical (unpaired) electrons. The third-order valence-corrected chi connectivity index (χ3v) is 2.18. The predicted octanol–water partition coefficient (Wildman–Crippen LogP) is 1.67. The number of alkyl halides is 2.